The fourth-order valence-electron chi connectivity index (χ4n) is 3.08. The summed E-state index contributed by atoms with van der Waals surface area (Å²) in [6.45, 7) is 3.68. The first-order valence-electron chi connectivity index (χ1n) is 8.05. The molecule has 1 fully saturated rings. The Hall–Kier alpha value is -2.28. The molecule has 2 aromatic heterocycles. The van der Waals surface area contributed by atoms with Crippen LogP contribution in [0.3, 0.4) is 0 Å². The molecule has 0 aliphatic carbocycles. The van der Waals surface area contributed by atoms with Gasteiger partial charge in [-0.3, -0.25) is 19.7 Å². The van der Waals surface area contributed by atoms with E-state index >= 15 is 0 Å². The lowest BCUT2D eigenvalue weighted by Crippen LogP contribution is -2.51. The normalized spacial score (nSPS) is 20.1. The first-order chi connectivity index (χ1) is 11.2. The van der Waals surface area contributed by atoms with Gasteiger partial charge in [0.2, 0.25) is 11.9 Å². The molecule has 2 atom stereocenters. The van der Waals surface area contributed by atoms with Gasteiger partial charge in [0.25, 0.3) is 0 Å². The third-order valence-electron chi connectivity index (χ3n) is 4.31. The molecule has 3 heterocycles. The van der Waals surface area contributed by atoms with Crippen LogP contribution in [0.1, 0.15) is 26.2 Å². The quantitative estimate of drug-likeness (QED) is 0.906. The zero-order chi connectivity index (χ0) is 16.1. The molecule has 23 heavy (non-hydrogen) atoms. The maximum absolute atomic E-state index is 12.5. The standard InChI is InChI=1S/C16H22N6O/c1-13(15(23)20-16-17-7-4-8-18-16)22-11-3-2-6-14(22)12-21-10-5-9-19-21/h4-5,7-10,13-14H,2-3,6,11-12H2,1H3,(H,17,18,20,23). The van der Waals surface area contributed by atoms with E-state index in [-0.39, 0.29) is 11.9 Å². The number of carbonyl (C=O) groups excluding carboxylic acids is 1. The number of hydrogen-bond donors (Lipinski definition) is 1. The van der Waals surface area contributed by atoms with E-state index < -0.39 is 0 Å². The number of likely N-dealkylation sites (tertiary alicyclic amines) is 1. The summed E-state index contributed by atoms with van der Waals surface area (Å²) < 4.78 is 1.94. The number of rotatable bonds is 5. The molecule has 1 amide bonds. The second kappa shape index (κ2) is 7.32. The number of nitrogens with one attached hydrogen (secondary N) is 1. The summed E-state index contributed by atoms with van der Waals surface area (Å²) in [4.78, 5) is 22.9. The van der Waals surface area contributed by atoms with Gasteiger partial charge >= 0.3 is 0 Å². The molecule has 0 saturated carbocycles. The van der Waals surface area contributed by atoms with Crippen molar-refractivity contribution in [1.82, 2.24) is 24.6 Å². The lowest BCUT2D eigenvalue weighted by atomic mass is 9.99. The Morgan fingerprint density at radius 1 is 1.30 bits per heavy atom. The molecule has 3 rings (SSSR count). The molecule has 0 aromatic carbocycles. The Labute approximate surface area is 135 Å². The molecule has 2 unspecified atom stereocenters. The van der Waals surface area contributed by atoms with Crippen LogP contribution in [0.25, 0.3) is 0 Å². The van der Waals surface area contributed by atoms with Crippen LogP contribution in [0.5, 0.6) is 0 Å². The second-order valence-corrected chi connectivity index (χ2v) is 5.85. The molecule has 1 N–H and O–H groups in total. The molecule has 122 valence electrons. The van der Waals surface area contributed by atoms with E-state index in [0.717, 1.165) is 25.9 Å². The molecule has 0 spiro atoms. The monoisotopic (exact) mass is 314 g/mol. The first-order valence-corrected chi connectivity index (χ1v) is 8.05. The van der Waals surface area contributed by atoms with Crippen molar-refractivity contribution in [3.05, 3.63) is 36.9 Å². The highest BCUT2D eigenvalue weighted by Gasteiger charge is 2.30. The second-order valence-electron chi connectivity index (χ2n) is 5.85. The highest BCUT2D eigenvalue weighted by atomic mass is 16.2. The Balaban J connectivity index is 1.65. The Bertz CT molecular complexity index is 615. The SMILES string of the molecule is CC(C(=O)Nc1ncccn1)N1CCCCC1Cn1cccn1. The van der Waals surface area contributed by atoms with Gasteiger partial charge in [-0.1, -0.05) is 6.42 Å². The van der Waals surface area contributed by atoms with Crippen molar-refractivity contribution in [2.24, 2.45) is 0 Å². The highest BCUT2D eigenvalue weighted by molar-refractivity contribution is 5.93. The molecule has 1 saturated heterocycles. The van der Waals surface area contributed by atoms with Crippen molar-refractivity contribution in [3.63, 3.8) is 0 Å². The number of piperidine rings is 1. The molecule has 1 aliphatic rings. The molecular formula is C16H22N6O. The maximum Gasteiger partial charge on any atom is 0.243 e. The number of hydrogen-bond acceptors (Lipinski definition) is 5. The average molecular weight is 314 g/mol. The predicted molar refractivity (Wildman–Crippen MR) is 86.7 cm³/mol. The zero-order valence-corrected chi connectivity index (χ0v) is 13.3. The lowest BCUT2D eigenvalue weighted by Gasteiger charge is -2.39. The summed E-state index contributed by atoms with van der Waals surface area (Å²) in [5.74, 6) is 0.286. The summed E-state index contributed by atoms with van der Waals surface area (Å²) in [5.41, 5.74) is 0. The van der Waals surface area contributed by atoms with Crippen molar-refractivity contribution < 1.29 is 4.79 Å². The van der Waals surface area contributed by atoms with Gasteiger partial charge in [-0.05, 0) is 38.4 Å². The first kappa shape index (κ1) is 15.6. The Morgan fingerprint density at radius 3 is 2.87 bits per heavy atom. The van der Waals surface area contributed by atoms with Crippen molar-refractivity contribution in [2.45, 2.75) is 44.8 Å². The number of anilines is 1. The fraction of sp³-hybridized carbons (Fsp3) is 0.500. The number of aromatic nitrogens is 4. The van der Waals surface area contributed by atoms with E-state index in [1.807, 2.05) is 23.9 Å². The van der Waals surface area contributed by atoms with Crippen LogP contribution in [0.15, 0.2) is 36.9 Å². The number of nitrogens with zero attached hydrogens (tertiary/aromatic N) is 5. The van der Waals surface area contributed by atoms with Crippen molar-refractivity contribution in [3.8, 4) is 0 Å². The van der Waals surface area contributed by atoms with Crippen LogP contribution in [0.2, 0.25) is 0 Å². The van der Waals surface area contributed by atoms with Gasteiger partial charge in [-0.15, -0.1) is 0 Å². The molecule has 0 bridgehead atoms. The van der Waals surface area contributed by atoms with Gasteiger partial charge < -0.3 is 0 Å². The number of carbonyl (C=O) groups is 1. The van der Waals surface area contributed by atoms with Gasteiger partial charge in [0, 0.05) is 30.8 Å². The van der Waals surface area contributed by atoms with E-state index in [4.69, 9.17) is 0 Å². The largest absolute Gasteiger partial charge is 0.293 e. The van der Waals surface area contributed by atoms with Gasteiger partial charge in [-0.2, -0.15) is 5.10 Å². The minimum atomic E-state index is -0.223. The molecule has 7 nitrogen and oxygen atoms in total. The third kappa shape index (κ3) is 3.92. The van der Waals surface area contributed by atoms with E-state index in [1.54, 1.807) is 24.7 Å². The summed E-state index contributed by atoms with van der Waals surface area (Å²) in [6, 6.07) is 3.75. The van der Waals surface area contributed by atoms with Gasteiger partial charge in [0.05, 0.1) is 12.6 Å². The summed E-state index contributed by atoms with van der Waals surface area (Å²) in [5, 5.41) is 7.08. The van der Waals surface area contributed by atoms with Crippen LogP contribution in [0.4, 0.5) is 5.95 Å². The number of amides is 1. The van der Waals surface area contributed by atoms with Gasteiger partial charge in [0.1, 0.15) is 0 Å². The van der Waals surface area contributed by atoms with Gasteiger partial charge in [-0.25, -0.2) is 9.97 Å². The van der Waals surface area contributed by atoms with Crippen molar-refractivity contribution in [1.29, 1.82) is 0 Å². The van der Waals surface area contributed by atoms with Crippen molar-refractivity contribution >= 4 is 11.9 Å². The molecule has 7 heteroatoms. The topological polar surface area (TPSA) is 75.9 Å². The lowest BCUT2D eigenvalue weighted by molar-refractivity contribution is -0.122. The summed E-state index contributed by atoms with van der Waals surface area (Å²) in [7, 11) is 0. The van der Waals surface area contributed by atoms with Crippen molar-refractivity contribution in [2.75, 3.05) is 11.9 Å². The Kier molecular flexibility index (Phi) is 4.97. The van der Waals surface area contributed by atoms with Crippen LogP contribution in [-0.2, 0) is 11.3 Å². The summed E-state index contributed by atoms with van der Waals surface area (Å²) >= 11 is 0. The molecule has 2 aromatic rings. The third-order valence-corrected chi connectivity index (χ3v) is 4.31. The zero-order valence-electron chi connectivity index (χ0n) is 13.3. The van der Waals surface area contributed by atoms with Crippen LogP contribution in [0, 0.1) is 0 Å². The Morgan fingerprint density at radius 2 is 2.13 bits per heavy atom. The van der Waals surface area contributed by atoms with Crippen LogP contribution in [-0.4, -0.2) is 49.2 Å². The van der Waals surface area contributed by atoms with E-state index in [2.05, 4.69) is 25.3 Å². The smallest absolute Gasteiger partial charge is 0.243 e. The maximum atomic E-state index is 12.5. The predicted octanol–water partition coefficient (Wildman–Crippen LogP) is 1.55. The van der Waals surface area contributed by atoms with E-state index in [0.29, 0.717) is 12.0 Å². The van der Waals surface area contributed by atoms with E-state index in [1.165, 1.54) is 6.42 Å². The summed E-state index contributed by atoms with van der Waals surface area (Å²) in [6.07, 6.45) is 10.4. The van der Waals surface area contributed by atoms with Crippen LogP contribution < -0.4 is 5.32 Å². The minimum Gasteiger partial charge on any atom is -0.293 e. The highest BCUT2D eigenvalue weighted by Crippen LogP contribution is 2.21. The average Bonchev–Trinajstić information content (AvgIpc) is 3.09. The van der Waals surface area contributed by atoms with E-state index in [9.17, 15) is 4.79 Å². The molecule has 0 radical (unpaired) electrons. The molecule has 1 aliphatic heterocycles. The fourth-order valence-corrected chi connectivity index (χ4v) is 3.08. The van der Waals surface area contributed by atoms with Crippen LogP contribution >= 0.6 is 0 Å². The minimum absolute atomic E-state index is 0.0661. The molecular weight excluding hydrogens is 292 g/mol. The van der Waals surface area contributed by atoms with Gasteiger partial charge in [0.15, 0.2) is 0 Å².